The molecule has 3 heterocycles. The average Bonchev–Trinajstić information content (AvgIpc) is 3.02. The molecule has 2 aromatic heterocycles. The zero-order valence-corrected chi connectivity index (χ0v) is 13.7. The van der Waals surface area contributed by atoms with E-state index in [0.29, 0.717) is 0 Å². The summed E-state index contributed by atoms with van der Waals surface area (Å²) in [6, 6.07) is 6.06. The number of anilines is 2. The number of carbonyl (C=O) groups is 1. The molecule has 1 aliphatic heterocycles. The maximum absolute atomic E-state index is 12.4. The van der Waals surface area contributed by atoms with Crippen LogP contribution in [0.4, 0.5) is 11.5 Å². The normalized spacial score (nSPS) is 15.7. The first-order valence-electron chi connectivity index (χ1n) is 8.17. The molecule has 0 bridgehead atoms. The van der Waals surface area contributed by atoms with Gasteiger partial charge in [0.2, 0.25) is 5.91 Å². The van der Waals surface area contributed by atoms with Crippen molar-refractivity contribution in [3.8, 4) is 0 Å². The van der Waals surface area contributed by atoms with Crippen LogP contribution >= 0.6 is 0 Å². The maximum atomic E-state index is 12.4. The molecule has 1 saturated heterocycles. The lowest BCUT2D eigenvalue weighted by Gasteiger charge is -2.32. The zero-order chi connectivity index (χ0) is 16.2. The van der Waals surface area contributed by atoms with E-state index < -0.39 is 0 Å². The van der Waals surface area contributed by atoms with Crippen molar-refractivity contribution in [2.45, 2.75) is 33.2 Å². The molecule has 0 aromatic carbocycles. The zero-order valence-electron chi connectivity index (χ0n) is 13.7. The van der Waals surface area contributed by atoms with Crippen molar-refractivity contribution < 1.29 is 4.79 Å². The van der Waals surface area contributed by atoms with Crippen LogP contribution < -0.4 is 10.2 Å². The number of pyridine rings is 1. The Labute approximate surface area is 136 Å². The smallest absolute Gasteiger partial charge is 0.227 e. The minimum atomic E-state index is 0.0565. The van der Waals surface area contributed by atoms with Crippen molar-refractivity contribution in [3.05, 3.63) is 36.3 Å². The van der Waals surface area contributed by atoms with Crippen LogP contribution in [0.3, 0.4) is 0 Å². The van der Waals surface area contributed by atoms with Gasteiger partial charge in [-0.05, 0) is 38.8 Å². The molecule has 122 valence electrons. The molecular formula is C17H23N5O. The monoisotopic (exact) mass is 313 g/mol. The van der Waals surface area contributed by atoms with Gasteiger partial charge in [-0.15, -0.1) is 0 Å². The van der Waals surface area contributed by atoms with E-state index in [2.05, 4.69) is 20.3 Å². The van der Waals surface area contributed by atoms with Gasteiger partial charge >= 0.3 is 0 Å². The number of carbonyl (C=O) groups excluding carboxylic acids is 1. The predicted molar refractivity (Wildman–Crippen MR) is 90.4 cm³/mol. The van der Waals surface area contributed by atoms with Gasteiger partial charge in [0.05, 0.1) is 11.9 Å². The van der Waals surface area contributed by atoms with E-state index in [0.717, 1.165) is 49.7 Å². The number of hydrogen-bond donors (Lipinski definition) is 1. The molecule has 0 spiro atoms. The summed E-state index contributed by atoms with van der Waals surface area (Å²) in [7, 11) is 0. The summed E-state index contributed by atoms with van der Waals surface area (Å²) in [6.45, 7) is 6.55. The average molecular weight is 313 g/mol. The lowest BCUT2D eigenvalue weighted by molar-refractivity contribution is -0.120. The first kappa shape index (κ1) is 15.5. The van der Waals surface area contributed by atoms with Crippen molar-refractivity contribution in [1.29, 1.82) is 0 Å². The number of hydrogen-bond acceptors (Lipinski definition) is 4. The Bertz CT molecular complexity index is 673. The van der Waals surface area contributed by atoms with Gasteiger partial charge in [-0.1, -0.05) is 6.07 Å². The van der Waals surface area contributed by atoms with Gasteiger partial charge < -0.3 is 10.2 Å². The minimum absolute atomic E-state index is 0.0565. The summed E-state index contributed by atoms with van der Waals surface area (Å²) < 4.78 is 1.81. The summed E-state index contributed by atoms with van der Waals surface area (Å²) in [5.74, 6) is 1.16. The molecule has 1 fully saturated rings. The maximum Gasteiger partial charge on any atom is 0.227 e. The number of nitrogens with zero attached hydrogens (tertiary/aromatic N) is 4. The Balaban J connectivity index is 1.55. The molecular weight excluding hydrogens is 290 g/mol. The third-order valence-electron chi connectivity index (χ3n) is 4.29. The Kier molecular flexibility index (Phi) is 4.60. The molecule has 1 amide bonds. The van der Waals surface area contributed by atoms with Crippen LogP contribution in [0.5, 0.6) is 0 Å². The second kappa shape index (κ2) is 6.81. The van der Waals surface area contributed by atoms with Crippen LogP contribution in [0.15, 0.2) is 30.6 Å². The van der Waals surface area contributed by atoms with Gasteiger partial charge in [0.25, 0.3) is 0 Å². The molecule has 1 aliphatic rings. The highest BCUT2D eigenvalue weighted by Crippen LogP contribution is 2.23. The van der Waals surface area contributed by atoms with Gasteiger partial charge in [0.15, 0.2) is 0 Å². The molecule has 1 N–H and O–H groups in total. The molecule has 2 aromatic rings. The lowest BCUT2D eigenvalue weighted by atomic mass is 9.96. The fraction of sp³-hybridized carbons (Fsp3) is 0.471. The van der Waals surface area contributed by atoms with E-state index in [1.54, 1.807) is 6.20 Å². The van der Waals surface area contributed by atoms with E-state index in [1.165, 1.54) is 0 Å². The highest BCUT2D eigenvalue weighted by molar-refractivity contribution is 5.92. The summed E-state index contributed by atoms with van der Waals surface area (Å²) in [4.78, 5) is 19.2. The highest BCUT2D eigenvalue weighted by Gasteiger charge is 2.25. The Morgan fingerprint density at radius 2 is 2.13 bits per heavy atom. The molecule has 6 heteroatoms. The molecule has 0 unspecified atom stereocenters. The summed E-state index contributed by atoms with van der Waals surface area (Å²) >= 11 is 0. The van der Waals surface area contributed by atoms with Crippen LogP contribution in [0, 0.1) is 12.8 Å². The quantitative estimate of drug-likeness (QED) is 0.942. The SMILES string of the molecule is CCn1cc(NC(=O)C2CCN(c3cccc(C)n3)CC2)cn1. The second-order valence-corrected chi connectivity index (χ2v) is 5.97. The van der Waals surface area contributed by atoms with Crippen molar-refractivity contribution in [2.75, 3.05) is 23.3 Å². The molecule has 6 nitrogen and oxygen atoms in total. The van der Waals surface area contributed by atoms with Gasteiger partial charge in [-0.25, -0.2) is 4.98 Å². The lowest BCUT2D eigenvalue weighted by Crippen LogP contribution is -2.38. The van der Waals surface area contributed by atoms with E-state index >= 15 is 0 Å². The first-order chi connectivity index (χ1) is 11.2. The fourth-order valence-corrected chi connectivity index (χ4v) is 2.92. The molecule has 0 aliphatic carbocycles. The van der Waals surface area contributed by atoms with Crippen molar-refractivity contribution in [3.63, 3.8) is 0 Å². The number of nitrogens with one attached hydrogen (secondary N) is 1. The number of piperidine rings is 1. The van der Waals surface area contributed by atoms with Crippen molar-refractivity contribution in [2.24, 2.45) is 5.92 Å². The van der Waals surface area contributed by atoms with Crippen molar-refractivity contribution >= 4 is 17.4 Å². The van der Waals surface area contributed by atoms with Crippen LogP contribution in [0.25, 0.3) is 0 Å². The molecule has 3 rings (SSSR count). The van der Waals surface area contributed by atoms with Crippen LogP contribution in [0.1, 0.15) is 25.5 Å². The molecule has 0 radical (unpaired) electrons. The van der Waals surface area contributed by atoms with Crippen molar-refractivity contribution in [1.82, 2.24) is 14.8 Å². The third kappa shape index (κ3) is 3.70. The van der Waals surface area contributed by atoms with Gasteiger partial charge in [-0.2, -0.15) is 5.10 Å². The molecule has 0 saturated carbocycles. The summed E-state index contributed by atoms with van der Waals surface area (Å²) in [6.07, 6.45) is 5.27. The van der Waals surface area contributed by atoms with Gasteiger partial charge in [0.1, 0.15) is 5.82 Å². The van der Waals surface area contributed by atoms with Crippen LogP contribution in [-0.2, 0) is 11.3 Å². The Morgan fingerprint density at radius 1 is 1.35 bits per heavy atom. The number of rotatable bonds is 4. The Hall–Kier alpha value is -2.37. The fourth-order valence-electron chi connectivity index (χ4n) is 2.92. The summed E-state index contributed by atoms with van der Waals surface area (Å²) in [5, 5.41) is 7.15. The highest BCUT2D eigenvalue weighted by atomic mass is 16.1. The third-order valence-corrected chi connectivity index (χ3v) is 4.29. The molecule has 0 atom stereocenters. The standard InChI is InChI=1S/C17H23N5O/c1-3-22-12-15(11-18-22)20-17(23)14-7-9-21(10-8-14)16-6-4-5-13(2)19-16/h4-6,11-12,14H,3,7-10H2,1-2H3,(H,20,23). The molecule has 23 heavy (non-hydrogen) atoms. The van der Waals surface area contributed by atoms with E-state index in [9.17, 15) is 4.79 Å². The number of amides is 1. The van der Waals surface area contributed by atoms with Crippen LogP contribution in [0.2, 0.25) is 0 Å². The van der Waals surface area contributed by atoms with E-state index in [-0.39, 0.29) is 11.8 Å². The predicted octanol–water partition coefficient (Wildman–Crippen LogP) is 2.46. The van der Waals surface area contributed by atoms with Crippen LogP contribution in [-0.4, -0.2) is 33.8 Å². The van der Waals surface area contributed by atoms with E-state index in [1.807, 2.05) is 42.9 Å². The Morgan fingerprint density at radius 3 is 2.78 bits per heavy atom. The van der Waals surface area contributed by atoms with E-state index in [4.69, 9.17) is 0 Å². The summed E-state index contributed by atoms with van der Waals surface area (Å²) in [5.41, 5.74) is 1.80. The number of aryl methyl sites for hydroxylation is 2. The second-order valence-electron chi connectivity index (χ2n) is 5.97. The minimum Gasteiger partial charge on any atom is -0.357 e. The number of aromatic nitrogens is 3. The van der Waals surface area contributed by atoms with Gasteiger partial charge in [-0.3, -0.25) is 9.48 Å². The largest absolute Gasteiger partial charge is 0.357 e. The topological polar surface area (TPSA) is 63.1 Å². The first-order valence-corrected chi connectivity index (χ1v) is 8.17. The van der Waals surface area contributed by atoms with Gasteiger partial charge in [0, 0.05) is 37.4 Å².